The van der Waals surface area contributed by atoms with Gasteiger partial charge in [-0.3, -0.25) is 0 Å². The average molecular weight is 543 g/mol. The van der Waals surface area contributed by atoms with Gasteiger partial charge >= 0.3 is 0 Å². The SMILES string of the molecule is CC(C)=C/C=C/C(C)=C/C=C/C(C)=C/COC1CC(O)[C@H](OC(OCCO)C(O)[C@@H](O)[C@@H](C)O)C(CO)O1. The van der Waals surface area contributed by atoms with Crippen LogP contribution in [0.25, 0.3) is 0 Å². The van der Waals surface area contributed by atoms with Crippen LogP contribution in [0.5, 0.6) is 0 Å². The van der Waals surface area contributed by atoms with Crippen LogP contribution in [0.3, 0.4) is 0 Å². The number of aliphatic hydroxyl groups is 6. The largest absolute Gasteiger partial charge is 0.394 e. The highest BCUT2D eigenvalue weighted by Crippen LogP contribution is 2.26. The second-order valence-corrected chi connectivity index (χ2v) is 9.53. The molecule has 1 heterocycles. The summed E-state index contributed by atoms with van der Waals surface area (Å²) in [5.41, 5.74) is 3.30. The average Bonchev–Trinajstić information content (AvgIpc) is 2.86. The molecule has 1 aliphatic heterocycles. The molecule has 0 bridgehead atoms. The van der Waals surface area contributed by atoms with Gasteiger partial charge < -0.3 is 49.6 Å². The molecule has 5 unspecified atom stereocenters. The second-order valence-electron chi connectivity index (χ2n) is 9.53. The lowest BCUT2D eigenvalue weighted by Gasteiger charge is -2.41. The van der Waals surface area contributed by atoms with Gasteiger partial charge in [-0.15, -0.1) is 0 Å². The van der Waals surface area contributed by atoms with Crippen LogP contribution in [0, 0.1) is 0 Å². The van der Waals surface area contributed by atoms with Crippen LogP contribution in [0.1, 0.15) is 41.0 Å². The third kappa shape index (κ3) is 12.9. The van der Waals surface area contributed by atoms with Gasteiger partial charge in [0.2, 0.25) is 0 Å². The molecule has 0 radical (unpaired) electrons. The minimum absolute atomic E-state index is 0.0195. The molecule has 10 nitrogen and oxygen atoms in total. The zero-order valence-electron chi connectivity index (χ0n) is 23.0. The number of ether oxygens (including phenoxy) is 4. The van der Waals surface area contributed by atoms with Gasteiger partial charge in [-0.1, -0.05) is 59.3 Å². The smallest absolute Gasteiger partial charge is 0.186 e. The van der Waals surface area contributed by atoms with Crippen molar-refractivity contribution < 1.29 is 49.6 Å². The first-order valence-electron chi connectivity index (χ1n) is 12.8. The minimum atomic E-state index is -1.68. The molecule has 10 heteroatoms. The summed E-state index contributed by atoms with van der Waals surface area (Å²) in [4.78, 5) is 0. The van der Waals surface area contributed by atoms with E-state index in [0.29, 0.717) is 0 Å². The van der Waals surface area contributed by atoms with Crippen molar-refractivity contribution in [1.82, 2.24) is 0 Å². The molecule has 1 fully saturated rings. The van der Waals surface area contributed by atoms with Crippen LogP contribution in [0.4, 0.5) is 0 Å². The fourth-order valence-electron chi connectivity index (χ4n) is 3.48. The monoisotopic (exact) mass is 542 g/mol. The van der Waals surface area contributed by atoms with Crippen molar-refractivity contribution in [2.75, 3.05) is 26.4 Å². The topological polar surface area (TPSA) is 158 Å². The molecule has 0 spiro atoms. The molecule has 0 aromatic carbocycles. The first kappa shape index (κ1) is 34.3. The molecule has 1 aliphatic rings. The number of hydrogen-bond donors (Lipinski definition) is 6. The summed E-state index contributed by atoms with van der Waals surface area (Å²) in [6.07, 6.45) is 3.63. The van der Waals surface area contributed by atoms with Crippen molar-refractivity contribution in [3.05, 3.63) is 59.3 Å². The van der Waals surface area contributed by atoms with E-state index < -0.39 is 55.8 Å². The molecule has 0 saturated carbocycles. The quantitative estimate of drug-likeness (QED) is 0.124. The molecule has 1 rings (SSSR count). The van der Waals surface area contributed by atoms with E-state index in [9.17, 15) is 25.5 Å². The summed E-state index contributed by atoms with van der Waals surface area (Å²) in [6, 6.07) is 0. The van der Waals surface area contributed by atoms with E-state index in [0.717, 1.165) is 11.1 Å². The standard InChI is InChI=1S/C28H46O10/c1-18(2)8-6-9-19(3)10-7-11-20(4)12-14-35-24-16-22(32)27(23(17-30)37-24)38-28(36-15-13-29)26(34)25(33)21(5)31/h6-12,21-34H,13-17H2,1-5H3/b9-6+,11-7+,19-10+,20-12+/t21-,22?,23?,24?,25+,26?,27+,28?/m1/s1. The summed E-state index contributed by atoms with van der Waals surface area (Å²) in [5, 5.41) is 59.5. The molecule has 218 valence electrons. The lowest BCUT2D eigenvalue weighted by atomic mass is 10.0. The van der Waals surface area contributed by atoms with E-state index in [1.807, 2.05) is 70.2 Å². The highest BCUT2D eigenvalue weighted by molar-refractivity contribution is 5.28. The Labute approximate surface area is 225 Å². The van der Waals surface area contributed by atoms with Gasteiger partial charge in [0.25, 0.3) is 0 Å². The maximum Gasteiger partial charge on any atom is 0.186 e. The van der Waals surface area contributed by atoms with Gasteiger partial charge in [0, 0.05) is 6.42 Å². The Morgan fingerprint density at radius 1 is 0.974 bits per heavy atom. The Morgan fingerprint density at radius 3 is 2.24 bits per heavy atom. The Morgan fingerprint density at radius 2 is 1.63 bits per heavy atom. The van der Waals surface area contributed by atoms with Gasteiger partial charge in [-0.05, 0) is 34.6 Å². The van der Waals surface area contributed by atoms with Crippen molar-refractivity contribution in [3.8, 4) is 0 Å². The molecule has 0 aromatic rings. The molecule has 6 N–H and O–H groups in total. The van der Waals surface area contributed by atoms with E-state index in [1.165, 1.54) is 12.5 Å². The lowest BCUT2D eigenvalue weighted by Crippen LogP contribution is -2.56. The van der Waals surface area contributed by atoms with Crippen LogP contribution in [-0.4, -0.2) is 106 Å². The Bertz CT molecular complexity index is 812. The van der Waals surface area contributed by atoms with Gasteiger partial charge in [-0.2, -0.15) is 0 Å². The minimum Gasteiger partial charge on any atom is -0.394 e. The molecule has 0 aliphatic carbocycles. The van der Waals surface area contributed by atoms with Crippen LogP contribution >= 0.6 is 0 Å². The van der Waals surface area contributed by atoms with E-state index in [4.69, 9.17) is 24.1 Å². The molecule has 38 heavy (non-hydrogen) atoms. The first-order chi connectivity index (χ1) is 18.0. The Kier molecular flexibility index (Phi) is 16.8. The molecule has 8 atom stereocenters. The summed E-state index contributed by atoms with van der Waals surface area (Å²) >= 11 is 0. The van der Waals surface area contributed by atoms with E-state index >= 15 is 0 Å². The van der Waals surface area contributed by atoms with Gasteiger partial charge in [0.15, 0.2) is 12.6 Å². The van der Waals surface area contributed by atoms with Crippen LogP contribution in [0.15, 0.2) is 59.3 Å². The first-order valence-corrected chi connectivity index (χ1v) is 12.8. The number of hydrogen-bond acceptors (Lipinski definition) is 10. The third-order valence-electron chi connectivity index (χ3n) is 5.67. The van der Waals surface area contributed by atoms with Crippen LogP contribution in [0.2, 0.25) is 0 Å². The second kappa shape index (κ2) is 18.6. The molecular formula is C28H46O10. The number of rotatable bonds is 16. The van der Waals surface area contributed by atoms with Crippen LogP contribution < -0.4 is 0 Å². The number of allylic oxidation sites excluding steroid dienone is 9. The zero-order valence-corrected chi connectivity index (χ0v) is 23.0. The van der Waals surface area contributed by atoms with Gasteiger partial charge in [-0.25, -0.2) is 0 Å². The predicted octanol–water partition coefficient (Wildman–Crippen LogP) is 1.27. The Balaban J connectivity index is 2.71. The van der Waals surface area contributed by atoms with Gasteiger partial charge in [0.05, 0.1) is 38.6 Å². The van der Waals surface area contributed by atoms with E-state index in [2.05, 4.69) is 0 Å². The molecular weight excluding hydrogens is 496 g/mol. The maximum atomic E-state index is 10.7. The van der Waals surface area contributed by atoms with Crippen molar-refractivity contribution >= 4 is 0 Å². The van der Waals surface area contributed by atoms with Gasteiger partial charge in [0.1, 0.15) is 24.4 Å². The third-order valence-corrected chi connectivity index (χ3v) is 5.67. The van der Waals surface area contributed by atoms with Crippen molar-refractivity contribution in [2.24, 2.45) is 0 Å². The van der Waals surface area contributed by atoms with E-state index in [1.54, 1.807) is 0 Å². The molecule has 0 amide bonds. The zero-order chi connectivity index (χ0) is 28.7. The maximum absolute atomic E-state index is 10.7. The number of aliphatic hydroxyl groups excluding tert-OH is 6. The van der Waals surface area contributed by atoms with Crippen LogP contribution in [-0.2, 0) is 18.9 Å². The van der Waals surface area contributed by atoms with Crippen molar-refractivity contribution in [3.63, 3.8) is 0 Å². The summed E-state index contributed by atoms with van der Waals surface area (Å²) < 4.78 is 22.4. The van der Waals surface area contributed by atoms with Crippen molar-refractivity contribution in [1.29, 1.82) is 0 Å². The normalized spacial score (nSPS) is 26.5. The lowest BCUT2D eigenvalue weighted by molar-refractivity contribution is -0.311. The van der Waals surface area contributed by atoms with E-state index in [-0.39, 0.29) is 26.2 Å². The summed E-state index contributed by atoms with van der Waals surface area (Å²) in [7, 11) is 0. The Hall–Kier alpha value is -1.70. The fourth-order valence-corrected chi connectivity index (χ4v) is 3.48. The summed E-state index contributed by atoms with van der Waals surface area (Å²) in [5.74, 6) is 0. The molecule has 0 aromatic heterocycles. The fraction of sp³-hybridized carbons (Fsp3) is 0.643. The predicted molar refractivity (Wildman–Crippen MR) is 143 cm³/mol. The highest BCUT2D eigenvalue weighted by atomic mass is 16.7. The summed E-state index contributed by atoms with van der Waals surface area (Å²) in [6.45, 7) is 8.38. The van der Waals surface area contributed by atoms with Crippen molar-refractivity contribution in [2.45, 2.75) is 90.2 Å². The molecule has 1 saturated heterocycles. The highest BCUT2D eigenvalue weighted by Gasteiger charge is 2.42.